The van der Waals surface area contributed by atoms with Crippen LogP contribution in [0.4, 0.5) is 0 Å². The second kappa shape index (κ2) is 8.21. The summed E-state index contributed by atoms with van der Waals surface area (Å²) in [7, 11) is 2.00. The summed E-state index contributed by atoms with van der Waals surface area (Å²) in [5.41, 5.74) is 0.982. The van der Waals surface area contributed by atoms with Crippen LogP contribution in [0.15, 0.2) is 23.4 Å². The molecule has 1 aliphatic carbocycles. The second-order valence-corrected chi connectivity index (χ2v) is 7.93. The van der Waals surface area contributed by atoms with Crippen molar-refractivity contribution in [3.63, 3.8) is 0 Å². The van der Waals surface area contributed by atoms with Crippen molar-refractivity contribution in [1.29, 1.82) is 0 Å². The van der Waals surface area contributed by atoms with Gasteiger partial charge in [-0.1, -0.05) is 37.1 Å². The summed E-state index contributed by atoms with van der Waals surface area (Å²) in [6.07, 6.45) is 6.23. The molecule has 144 valence electrons. The SMILES string of the molecule is Cn1c(SCC(=O)NCc2ccc3c(c2)OCO3)nnc1C1CCCCC1. The van der Waals surface area contributed by atoms with Gasteiger partial charge in [-0.05, 0) is 30.5 Å². The molecular formula is C19H24N4O3S. The van der Waals surface area contributed by atoms with E-state index in [2.05, 4.69) is 15.5 Å². The van der Waals surface area contributed by atoms with E-state index in [0.717, 1.165) is 28.0 Å². The van der Waals surface area contributed by atoms with Gasteiger partial charge in [0, 0.05) is 19.5 Å². The van der Waals surface area contributed by atoms with Crippen LogP contribution in [0.5, 0.6) is 11.5 Å². The number of amides is 1. The van der Waals surface area contributed by atoms with Crippen LogP contribution >= 0.6 is 11.8 Å². The van der Waals surface area contributed by atoms with Gasteiger partial charge in [0.1, 0.15) is 5.82 Å². The third-order valence-corrected chi connectivity index (χ3v) is 6.12. The molecule has 0 atom stereocenters. The Balaban J connectivity index is 1.27. The molecule has 2 aromatic rings. The minimum atomic E-state index is -0.0279. The fourth-order valence-corrected chi connectivity index (χ4v) is 4.35. The number of fused-ring (bicyclic) bond motifs is 1. The standard InChI is InChI=1S/C19H24N4O3S/c1-23-18(14-5-3-2-4-6-14)21-22-19(23)27-11-17(24)20-10-13-7-8-15-16(9-13)26-12-25-15/h7-9,14H,2-6,10-12H2,1H3,(H,20,24). The number of ether oxygens (including phenoxy) is 2. The number of carbonyl (C=O) groups is 1. The highest BCUT2D eigenvalue weighted by Crippen LogP contribution is 2.33. The first-order chi connectivity index (χ1) is 13.2. The summed E-state index contributed by atoms with van der Waals surface area (Å²) in [5, 5.41) is 12.4. The van der Waals surface area contributed by atoms with E-state index in [0.29, 0.717) is 18.2 Å². The Labute approximate surface area is 162 Å². The molecule has 0 unspecified atom stereocenters. The van der Waals surface area contributed by atoms with E-state index in [1.807, 2.05) is 29.8 Å². The van der Waals surface area contributed by atoms with Gasteiger partial charge in [0.2, 0.25) is 12.7 Å². The lowest BCUT2D eigenvalue weighted by molar-refractivity contribution is -0.118. The average Bonchev–Trinajstić information content (AvgIpc) is 3.31. The Hall–Kier alpha value is -2.22. The number of hydrogen-bond donors (Lipinski definition) is 1. The van der Waals surface area contributed by atoms with Gasteiger partial charge in [0.25, 0.3) is 0 Å². The van der Waals surface area contributed by atoms with Crippen molar-refractivity contribution in [3.8, 4) is 11.5 Å². The Kier molecular flexibility index (Phi) is 5.52. The van der Waals surface area contributed by atoms with E-state index in [1.165, 1.54) is 43.9 Å². The molecule has 0 radical (unpaired) electrons. The summed E-state index contributed by atoms with van der Waals surface area (Å²) in [6.45, 7) is 0.713. The lowest BCUT2D eigenvalue weighted by Crippen LogP contribution is -2.24. The quantitative estimate of drug-likeness (QED) is 0.767. The molecule has 2 aliphatic rings. The van der Waals surface area contributed by atoms with Gasteiger partial charge < -0.3 is 19.4 Å². The number of rotatable bonds is 6. The number of nitrogens with one attached hydrogen (secondary N) is 1. The fraction of sp³-hybridized carbons (Fsp3) is 0.526. The molecule has 0 spiro atoms. The number of carbonyl (C=O) groups excluding carboxylic acids is 1. The minimum Gasteiger partial charge on any atom is -0.454 e. The van der Waals surface area contributed by atoms with E-state index < -0.39 is 0 Å². The van der Waals surface area contributed by atoms with Crippen molar-refractivity contribution < 1.29 is 14.3 Å². The zero-order valence-corrected chi connectivity index (χ0v) is 16.3. The fourth-order valence-electron chi connectivity index (χ4n) is 3.60. The minimum absolute atomic E-state index is 0.0279. The second-order valence-electron chi connectivity index (χ2n) is 6.99. The predicted molar refractivity (Wildman–Crippen MR) is 102 cm³/mol. The van der Waals surface area contributed by atoms with E-state index in [-0.39, 0.29) is 12.7 Å². The van der Waals surface area contributed by atoms with Crippen LogP contribution in [0.2, 0.25) is 0 Å². The number of aromatic nitrogens is 3. The highest BCUT2D eigenvalue weighted by molar-refractivity contribution is 7.99. The molecule has 1 aliphatic heterocycles. The maximum absolute atomic E-state index is 12.2. The smallest absolute Gasteiger partial charge is 0.231 e. The van der Waals surface area contributed by atoms with Crippen LogP contribution in [-0.4, -0.2) is 33.2 Å². The van der Waals surface area contributed by atoms with Crippen molar-refractivity contribution in [2.24, 2.45) is 7.05 Å². The monoisotopic (exact) mass is 388 g/mol. The Morgan fingerprint density at radius 3 is 2.89 bits per heavy atom. The normalized spacial score (nSPS) is 16.5. The molecule has 2 heterocycles. The summed E-state index contributed by atoms with van der Waals surface area (Å²) in [6, 6.07) is 5.69. The predicted octanol–water partition coefficient (Wildman–Crippen LogP) is 3.00. The number of hydrogen-bond acceptors (Lipinski definition) is 6. The van der Waals surface area contributed by atoms with Crippen LogP contribution in [0.25, 0.3) is 0 Å². The largest absolute Gasteiger partial charge is 0.454 e. The molecular weight excluding hydrogens is 364 g/mol. The molecule has 1 aromatic heterocycles. The molecule has 1 fully saturated rings. The van der Waals surface area contributed by atoms with Crippen LogP contribution in [0, 0.1) is 0 Å². The van der Waals surface area contributed by atoms with E-state index in [4.69, 9.17) is 9.47 Å². The van der Waals surface area contributed by atoms with Gasteiger partial charge in [-0.25, -0.2) is 0 Å². The van der Waals surface area contributed by atoms with Gasteiger partial charge in [0.15, 0.2) is 16.7 Å². The molecule has 0 saturated heterocycles. The van der Waals surface area contributed by atoms with Crippen molar-refractivity contribution >= 4 is 17.7 Å². The summed E-state index contributed by atoms with van der Waals surface area (Å²) in [4.78, 5) is 12.2. The van der Waals surface area contributed by atoms with Crippen LogP contribution in [0.3, 0.4) is 0 Å². The molecule has 8 heteroatoms. The molecule has 27 heavy (non-hydrogen) atoms. The van der Waals surface area contributed by atoms with Gasteiger partial charge in [0.05, 0.1) is 5.75 Å². The van der Waals surface area contributed by atoms with Crippen molar-refractivity contribution in [2.45, 2.75) is 49.7 Å². The summed E-state index contributed by atoms with van der Waals surface area (Å²) in [5.74, 6) is 3.33. The molecule has 7 nitrogen and oxygen atoms in total. The van der Waals surface area contributed by atoms with Crippen molar-refractivity contribution in [3.05, 3.63) is 29.6 Å². The lowest BCUT2D eigenvalue weighted by atomic mass is 9.89. The zero-order chi connectivity index (χ0) is 18.6. The highest BCUT2D eigenvalue weighted by atomic mass is 32.2. The lowest BCUT2D eigenvalue weighted by Gasteiger charge is -2.20. The van der Waals surface area contributed by atoms with E-state index >= 15 is 0 Å². The molecule has 1 N–H and O–H groups in total. The first-order valence-electron chi connectivity index (χ1n) is 9.38. The van der Waals surface area contributed by atoms with E-state index in [9.17, 15) is 4.79 Å². The number of thioether (sulfide) groups is 1. The van der Waals surface area contributed by atoms with Crippen LogP contribution < -0.4 is 14.8 Å². The first-order valence-corrected chi connectivity index (χ1v) is 10.4. The molecule has 1 saturated carbocycles. The van der Waals surface area contributed by atoms with Crippen molar-refractivity contribution in [1.82, 2.24) is 20.1 Å². The highest BCUT2D eigenvalue weighted by Gasteiger charge is 2.22. The number of nitrogens with zero attached hydrogens (tertiary/aromatic N) is 3. The Morgan fingerprint density at radius 1 is 1.22 bits per heavy atom. The molecule has 1 amide bonds. The first kappa shape index (κ1) is 18.2. The summed E-state index contributed by atoms with van der Waals surface area (Å²) >= 11 is 1.43. The maximum atomic E-state index is 12.2. The Bertz CT molecular complexity index is 817. The topological polar surface area (TPSA) is 78.3 Å². The van der Waals surface area contributed by atoms with Crippen LogP contribution in [0.1, 0.15) is 49.4 Å². The third-order valence-electron chi connectivity index (χ3n) is 5.10. The van der Waals surface area contributed by atoms with Gasteiger partial charge in [-0.15, -0.1) is 10.2 Å². The van der Waals surface area contributed by atoms with Crippen LogP contribution in [-0.2, 0) is 18.4 Å². The molecule has 0 bridgehead atoms. The summed E-state index contributed by atoms with van der Waals surface area (Å²) < 4.78 is 12.7. The van der Waals surface area contributed by atoms with Gasteiger partial charge in [-0.2, -0.15) is 0 Å². The molecule has 1 aromatic carbocycles. The third kappa shape index (κ3) is 4.21. The van der Waals surface area contributed by atoms with E-state index in [1.54, 1.807) is 0 Å². The van der Waals surface area contributed by atoms with Gasteiger partial charge in [-0.3, -0.25) is 4.79 Å². The average molecular weight is 388 g/mol. The van der Waals surface area contributed by atoms with Gasteiger partial charge >= 0.3 is 0 Å². The zero-order valence-electron chi connectivity index (χ0n) is 15.4. The molecule has 4 rings (SSSR count). The maximum Gasteiger partial charge on any atom is 0.231 e. The number of benzene rings is 1. The Morgan fingerprint density at radius 2 is 2.04 bits per heavy atom. The van der Waals surface area contributed by atoms with Crippen molar-refractivity contribution in [2.75, 3.05) is 12.5 Å².